The van der Waals surface area contributed by atoms with Gasteiger partial charge in [-0.25, -0.2) is 0 Å². The Kier molecular flexibility index (Phi) is 3.69. The molecular formula is C12H16BrN3O. The van der Waals surface area contributed by atoms with Crippen LogP contribution in [0, 0.1) is 5.92 Å². The maximum atomic E-state index is 11.3. The normalized spacial score (nSPS) is 16.6. The van der Waals surface area contributed by atoms with Crippen LogP contribution in [0.5, 0.6) is 0 Å². The van der Waals surface area contributed by atoms with Crippen molar-refractivity contribution in [3.05, 3.63) is 28.2 Å². The number of carbonyl (C=O) groups is 1. The molecule has 1 aliphatic carbocycles. The molecule has 0 radical (unpaired) electrons. The van der Waals surface area contributed by atoms with Gasteiger partial charge < -0.3 is 16.8 Å². The third-order valence-corrected chi connectivity index (χ3v) is 3.50. The lowest BCUT2D eigenvalue weighted by Crippen LogP contribution is -2.31. The highest BCUT2D eigenvalue weighted by Gasteiger charge is 2.28. The lowest BCUT2D eigenvalue weighted by Gasteiger charge is -2.15. The van der Waals surface area contributed by atoms with Crippen LogP contribution < -0.4 is 16.8 Å². The van der Waals surface area contributed by atoms with Gasteiger partial charge in [0.15, 0.2) is 0 Å². The molecular weight excluding hydrogens is 282 g/mol. The third kappa shape index (κ3) is 3.20. The first-order chi connectivity index (χ1) is 8.08. The Morgan fingerprint density at radius 3 is 2.82 bits per heavy atom. The summed E-state index contributed by atoms with van der Waals surface area (Å²) in [5.41, 5.74) is 12.6. The summed E-state index contributed by atoms with van der Waals surface area (Å²) in [4.78, 5) is 11.3. The fourth-order valence-electron chi connectivity index (χ4n) is 1.80. The summed E-state index contributed by atoms with van der Waals surface area (Å²) >= 11 is 3.37. The van der Waals surface area contributed by atoms with E-state index in [1.165, 1.54) is 12.8 Å². The van der Waals surface area contributed by atoms with E-state index in [1.807, 2.05) is 6.07 Å². The Morgan fingerprint density at radius 1 is 1.53 bits per heavy atom. The third-order valence-electron chi connectivity index (χ3n) is 3.00. The summed E-state index contributed by atoms with van der Waals surface area (Å²) in [7, 11) is 0. The Bertz CT molecular complexity index is 432. The molecule has 0 bridgehead atoms. The molecule has 1 atom stereocenters. The number of rotatable bonds is 5. The van der Waals surface area contributed by atoms with Crippen LogP contribution in [-0.2, 0) is 0 Å². The largest absolute Gasteiger partial charge is 0.383 e. The van der Waals surface area contributed by atoms with E-state index in [4.69, 9.17) is 11.5 Å². The highest BCUT2D eigenvalue weighted by molar-refractivity contribution is 9.10. The first kappa shape index (κ1) is 12.4. The Hall–Kier alpha value is -1.07. The van der Waals surface area contributed by atoms with Gasteiger partial charge in [-0.1, -0.05) is 15.9 Å². The predicted molar refractivity (Wildman–Crippen MR) is 71.8 cm³/mol. The number of nitrogens with one attached hydrogen (secondary N) is 1. The molecule has 1 amide bonds. The fraction of sp³-hybridized carbons (Fsp3) is 0.417. The number of hydrogen-bond acceptors (Lipinski definition) is 3. The second kappa shape index (κ2) is 5.06. The fourth-order valence-corrected chi connectivity index (χ4v) is 2.16. The first-order valence-electron chi connectivity index (χ1n) is 5.66. The Balaban J connectivity index is 2.07. The molecule has 17 heavy (non-hydrogen) atoms. The van der Waals surface area contributed by atoms with Gasteiger partial charge in [0.05, 0.1) is 5.56 Å². The van der Waals surface area contributed by atoms with Gasteiger partial charge in [-0.2, -0.15) is 0 Å². The molecule has 1 aromatic rings. The SMILES string of the molecule is NC(=O)c1ccc(Br)cc1NCC(N)C1CC1. The number of amides is 1. The molecule has 1 fully saturated rings. The van der Waals surface area contributed by atoms with Crippen LogP contribution in [-0.4, -0.2) is 18.5 Å². The second-order valence-corrected chi connectivity index (χ2v) is 5.35. The van der Waals surface area contributed by atoms with Gasteiger partial charge in [-0.3, -0.25) is 4.79 Å². The summed E-state index contributed by atoms with van der Waals surface area (Å²) in [5.74, 6) is 0.201. The predicted octanol–water partition coefficient (Wildman–Crippen LogP) is 1.70. The molecule has 92 valence electrons. The zero-order valence-electron chi connectivity index (χ0n) is 9.45. The zero-order chi connectivity index (χ0) is 12.4. The van der Waals surface area contributed by atoms with Crippen molar-refractivity contribution in [1.82, 2.24) is 0 Å². The molecule has 0 heterocycles. The minimum atomic E-state index is -0.431. The zero-order valence-corrected chi connectivity index (χ0v) is 11.0. The Morgan fingerprint density at radius 2 is 2.24 bits per heavy atom. The number of carbonyl (C=O) groups excluding carboxylic acids is 1. The summed E-state index contributed by atoms with van der Waals surface area (Å²) in [6, 6.07) is 5.50. The maximum Gasteiger partial charge on any atom is 0.250 e. The number of hydrogen-bond donors (Lipinski definition) is 3. The molecule has 4 nitrogen and oxygen atoms in total. The van der Waals surface area contributed by atoms with Crippen molar-refractivity contribution in [2.24, 2.45) is 17.4 Å². The molecule has 0 saturated heterocycles. The molecule has 0 spiro atoms. The van der Waals surface area contributed by atoms with E-state index in [0.29, 0.717) is 18.0 Å². The molecule has 1 aliphatic rings. The number of primary amides is 1. The van der Waals surface area contributed by atoms with Crippen LogP contribution in [0.2, 0.25) is 0 Å². The van der Waals surface area contributed by atoms with E-state index in [1.54, 1.807) is 12.1 Å². The molecule has 0 aliphatic heterocycles. The molecule has 0 aromatic heterocycles. The maximum absolute atomic E-state index is 11.3. The standard InChI is InChI=1S/C12H16BrN3O/c13-8-3-4-9(12(15)17)11(5-8)16-6-10(14)7-1-2-7/h3-5,7,10,16H,1-2,6,14H2,(H2,15,17). The van der Waals surface area contributed by atoms with Crippen LogP contribution in [0.4, 0.5) is 5.69 Å². The van der Waals surface area contributed by atoms with E-state index in [0.717, 1.165) is 10.2 Å². The van der Waals surface area contributed by atoms with Crippen LogP contribution in [0.25, 0.3) is 0 Å². The summed E-state index contributed by atoms with van der Waals surface area (Å²) in [6.07, 6.45) is 2.42. The smallest absolute Gasteiger partial charge is 0.250 e. The van der Waals surface area contributed by atoms with Crippen molar-refractivity contribution >= 4 is 27.5 Å². The first-order valence-corrected chi connectivity index (χ1v) is 6.46. The summed E-state index contributed by atoms with van der Waals surface area (Å²) < 4.78 is 0.907. The molecule has 2 rings (SSSR count). The van der Waals surface area contributed by atoms with Crippen molar-refractivity contribution in [2.75, 3.05) is 11.9 Å². The van der Waals surface area contributed by atoms with Crippen LogP contribution in [0.15, 0.2) is 22.7 Å². The average Bonchev–Trinajstić information content (AvgIpc) is 3.09. The Labute approximate surface area is 109 Å². The number of benzene rings is 1. The number of anilines is 1. The molecule has 1 aromatic carbocycles. The number of halogens is 1. The average molecular weight is 298 g/mol. The molecule has 1 unspecified atom stereocenters. The molecule has 1 saturated carbocycles. The van der Waals surface area contributed by atoms with Crippen LogP contribution in [0.3, 0.4) is 0 Å². The minimum absolute atomic E-state index is 0.148. The van der Waals surface area contributed by atoms with Gasteiger partial charge in [0, 0.05) is 22.7 Å². The van der Waals surface area contributed by atoms with Gasteiger partial charge in [0.2, 0.25) is 0 Å². The van der Waals surface area contributed by atoms with Crippen molar-refractivity contribution < 1.29 is 4.79 Å². The monoisotopic (exact) mass is 297 g/mol. The highest BCUT2D eigenvalue weighted by Crippen LogP contribution is 2.31. The second-order valence-electron chi connectivity index (χ2n) is 4.44. The van der Waals surface area contributed by atoms with Crippen molar-refractivity contribution in [3.63, 3.8) is 0 Å². The molecule has 5 N–H and O–H groups in total. The minimum Gasteiger partial charge on any atom is -0.383 e. The van der Waals surface area contributed by atoms with Gasteiger partial charge in [0.1, 0.15) is 0 Å². The van der Waals surface area contributed by atoms with Crippen LogP contribution in [0.1, 0.15) is 23.2 Å². The lowest BCUT2D eigenvalue weighted by molar-refractivity contribution is 0.100. The van der Waals surface area contributed by atoms with E-state index in [9.17, 15) is 4.79 Å². The highest BCUT2D eigenvalue weighted by atomic mass is 79.9. The molecule has 5 heteroatoms. The van der Waals surface area contributed by atoms with E-state index >= 15 is 0 Å². The van der Waals surface area contributed by atoms with Crippen molar-refractivity contribution in [1.29, 1.82) is 0 Å². The topological polar surface area (TPSA) is 81.1 Å². The van der Waals surface area contributed by atoms with Gasteiger partial charge in [0.25, 0.3) is 5.91 Å². The van der Waals surface area contributed by atoms with E-state index in [2.05, 4.69) is 21.2 Å². The van der Waals surface area contributed by atoms with Gasteiger partial charge in [-0.05, 0) is 37.0 Å². The van der Waals surface area contributed by atoms with Gasteiger partial charge >= 0.3 is 0 Å². The van der Waals surface area contributed by atoms with E-state index < -0.39 is 5.91 Å². The van der Waals surface area contributed by atoms with Gasteiger partial charge in [-0.15, -0.1) is 0 Å². The quantitative estimate of drug-likeness (QED) is 0.774. The van der Waals surface area contributed by atoms with Crippen molar-refractivity contribution in [2.45, 2.75) is 18.9 Å². The van der Waals surface area contributed by atoms with Crippen molar-refractivity contribution in [3.8, 4) is 0 Å². The van der Waals surface area contributed by atoms with E-state index in [-0.39, 0.29) is 6.04 Å². The summed E-state index contributed by atoms with van der Waals surface area (Å²) in [6.45, 7) is 0.668. The van der Waals surface area contributed by atoms with Crippen LogP contribution >= 0.6 is 15.9 Å². The lowest BCUT2D eigenvalue weighted by atomic mass is 10.1. The number of nitrogens with two attached hydrogens (primary N) is 2. The summed E-state index contributed by atoms with van der Waals surface area (Å²) in [5, 5.41) is 3.20.